The summed E-state index contributed by atoms with van der Waals surface area (Å²) in [6.07, 6.45) is 0.00132. The molecule has 28 heavy (non-hydrogen) atoms. The number of benzene rings is 2. The van der Waals surface area contributed by atoms with Crippen molar-refractivity contribution in [1.82, 2.24) is 9.88 Å². The summed E-state index contributed by atoms with van der Waals surface area (Å²) in [4.78, 5) is 42.4. The molecule has 2 heterocycles. The fourth-order valence-electron chi connectivity index (χ4n) is 2.92. The van der Waals surface area contributed by atoms with E-state index in [1.807, 2.05) is 17.5 Å². The molecule has 0 unspecified atom stereocenters. The second kappa shape index (κ2) is 7.53. The van der Waals surface area contributed by atoms with Crippen LogP contribution < -0.4 is 5.32 Å². The Morgan fingerprint density at radius 2 is 1.68 bits per heavy atom. The van der Waals surface area contributed by atoms with Crippen LogP contribution in [0.5, 0.6) is 0 Å². The van der Waals surface area contributed by atoms with Crippen LogP contribution in [0.25, 0.3) is 11.3 Å². The van der Waals surface area contributed by atoms with E-state index in [9.17, 15) is 14.4 Å². The Bertz CT molecular complexity index is 1040. The number of nitrogens with zero attached hydrogens (tertiary/aromatic N) is 2. The molecule has 0 aliphatic carbocycles. The summed E-state index contributed by atoms with van der Waals surface area (Å²) in [6.45, 7) is 0.0214. The summed E-state index contributed by atoms with van der Waals surface area (Å²) in [5.74, 6) is -1.05. The van der Waals surface area contributed by atoms with E-state index in [0.29, 0.717) is 21.3 Å². The van der Waals surface area contributed by atoms with Crippen LogP contribution in [0.2, 0.25) is 5.02 Å². The molecule has 1 aliphatic heterocycles. The largest absolute Gasteiger partial charge is 0.302 e. The van der Waals surface area contributed by atoms with Crippen molar-refractivity contribution in [3.8, 4) is 11.3 Å². The summed E-state index contributed by atoms with van der Waals surface area (Å²) < 4.78 is 0. The highest BCUT2D eigenvalue weighted by Crippen LogP contribution is 2.26. The van der Waals surface area contributed by atoms with Crippen molar-refractivity contribution in [1.29, 1.82) is 0 Å². The van der Waals surface area contributed by atoms with E-state index in [4.69, 9.17) is 11.6 Å². The summed E-state index contributed by atoms with van der Waals surface area (Å²) in [5.41, 5.74) is 2.38. The lowest BCUT2D eigenvalue weighted by molar-refractivity contribution is -0.116. The first kappa shape index (κ1) is 18.3. The summed E-state index contributed by atoms with van der Waals surface area (Å²) in [7, 11) is 0. The van der Waals surface area contributed by atoms with Gasteiger partial charge in [0.25, 0.3) is 11.8 Å². The molecule has 3 aromatic rings. The first-order chi connectivity index (χ1) is 13.5. The highest BCUT2D eigenvalue weighted by atomic mass is 35.5. The predicted octanol–water partition coefficient (Wildman–Crippen LogP) is 4.09. The molecule has 1 aliphatic rings. The first-order valence-electron chi connectivity index (χ1n) is 8.49. The number of thiazole rings is 1. The van der Waals surface area contributed by atoms with E-state index in [-0.39, 0.29) is 30.7 Å². The first-order valence-corrected chi connectivity index (χ1v) is 9.75. The second-order valence-corrected chi connectivity index (χ2v) is 7.45. The Hall–Kier alpha value is -3.03. The normalized spacial score (nSPS) is 13.0. The van der Waals surface area contributed by atoms with E-state index < -0.39 is 0 Å². The molecule has 0 atom stereocenters. The molecule has 8 heteroatoms. The number of hydrogen-bond acceptors (Lipinski definition) is 5. The highest BCUT2D eigenvalue weighted by Gasteiger charge is 2.34. The Morgan fingerprint density at radius 1 is 1.04 bits per heavy atom. The van der Waals surface area contributed by atoms with Crippen molar-refractivity contribution < 1.29 is 14.4 Å². The summed E-state index contributed by atoms with van der Waals surface area (Å²) in [6, 6.07) is 13.9. The van der Waals surface area contributed by atoms with Crippen LogP contribution in [0.3, 0.4) is 0 Å². The molecule has 0 fully saturated rings. The molecule has 0 bridgehead atoms. The molecule has 4 rings (SSSR count). The van der Waals surface area contributed by atoms with Gasteiger partial charge in [0.05, 0.1) is 16.8 Å². The summed E-state index contributed by atoms with van der Waals surface area (Å²) in [5, 5.41) is 5.64. The molecule has 2 aromatic carbocycles. The Kier molecular flexibility index (Phi) is 4.93. The lowest BCUT2D eigenvalue weighted by Crippen LogP contribution is -2.32. The van der Waals surface area contributed by atoms with E-state index in [0.717, 1.165) is 16.2 Å². The SMILES string of the molecule is O=C(CCN1C(=O)c2ccccc2C1=O)Nc1nc(-c2ccc(Cl)cc2)cs1. The van der Waals surface area contributed by atoms with E-state index >= 15 is 0 Å². The third-order valence-electron chi connectivity index (χ3n) is 4.33. The molecule has 1 aromatic heterocycles. The average molecular weight is 412 g/mol. The number of carbonyl (C=O) groups is 3. The molecular formula is C20H14ClN3O3S. The van der Waals surface area contributed by atoms with Crippen LogP contribution >= 0.6 is 22.9 Å². The van der Waals surface area contributed by atoms with Crippen molar-refractivity contribution in [3.05, 3.63) is 70.1 Å². The van der Waals surface area contributed by atoms with Crippen molar-refractivity contribution in [2.24, 2.45) is 0 Å². The quantitative estimate of drug-likeness (QED) is 0.641. The molecule has 1 N–H and O–H groups in total. The minimum atomic E-state index is -0.368. The molecule has 0 radical (unpaired) electrons. The van der Waals surface area contributed by atoms with Crippen molar-refractivity contribution in [3.63, 3.8) is 0 Å². The lowest BCUT2D eigenvalue weighted by atomic mass is 10.1. The Labute approximate surface area is 169 Å². The highest BCUT2D eigenvalue weighted by molar-refractivity contribution is 7.14. The number of imide groups is 1. The molecule has 0 saturated heterocycles. The molecule has 0 spiro atoms. The minimum absolute atomic E-state index is 0.00132. The van der Waals surface area contributed by atoms with Gasteiger partial charge >= 0.3 is 0 Å². The van der Waals surface area contributed by atoms with Crippen LogP contribution in [0.1, 0.15) is 27.1 Å². The van der Waals surface area contributed by atoms with Gasteiger partial charge in [-0.1, -0.05) is 35.9 Å². The molecule has 3 amide bonds. The van der Waals surface area contributed by atoms with Crippen LogP contribution in [-0.4, -0.2) is 34.2 Å². The number of aromatic nitrogens is 1. The van der Waals surface area contributed by atoms with Gasteiger partial charge in [0.1, 0.15) is 0 Å². The number of amides is 3. The number of carbonyl (C=O) groups excluding carboxylic acids is 3. The fourth-order valence-corrected chi connectivity index (χ4v) is 3.78. The summed E-state index contributed by atoms with van der Waals surface area (Å²) >= 11 is 7.19. The minimum Gasteiger partial charge on any atom is -0.302 e. The van der Waals surface area contributed by atoms with E-state index in [1.165, 1.54) is 11.3 Å². The fraction of sp³-hybridized carbons (Fsp3) is 0.100. The Balaban J connectivity index is 1.36. The van der Waals surface area contributed by atoms with Crippen molar-refractivity contribution in [2.45, 2.75) is 6.42 Å². The Morgan fingerprint density at radius 3 is 2.32 bits per heavy atom. The topological polar surface area (TPSA) is 79.4 Å². The number of anilines is 1. The standard InChI is InChI=1S/C20H14ClN3O3S/c21-13-7-5-12(6-8-13)16-11-28-20(22-16)23-17(25)9-10-24-18(26)14-3-1-2-4-15(14)19(24)27/h1-8,11H,9-10H2,(H,22,23,25). The third kappa shape index (κ3) is 3.54. The third-order valence-corrected chi connectivity index (χ3v) is 5.34. The van der Waals surface area contributed by atoms with Gasteiger partial charge in [0.15, 0.2) is 5.13 Å². The van der Waals surface area contributed by atoms with Crippen molar-refractivity contribution in [2.75, 3.05) is 11.9 Å². The molecular weight excluding hydrogens is 398 g/mol. The number of fused-ring (bicyclic) bond motifs is 1. The molecule has 6 nitrogen and oxygen atoms in total. The van der Waals surface area contributed by atoms with Gasteiger partial charge in [-0.05, 0) is 24.3 Å². The zero-order valence-electron chi connectivity index (χ0n) is 14.5. The number of hydrogen-bond donors (Lipinski definition) is 1. The molecule has 140 valence electrons. The maximum Gasteiger partial charge on any atom is 0.261 e. The molecule has 0 saturated carbocycles. The smallest absolute Gasteiger partial charge is 0.261 e. The maximum absolute atomic E-state index is 12.3. The van der Waals surface area contributed by atoms with Gasteiger partial charge < -0.3 is 5.32 Å². The van der Waals surface area contributed by atoms with Gasteiger partial charge in [-0.2, -0.15) is 0 Å². The van der Waals surface area contributed by atoms with Gasteiger partial charge in [0, 0.05) is 28.9 Å². The van der Waals surface area contributed by atoms with Gasteiger partial charge in [-0.3, -0.25) is 19.3 Å². The van der Waals surface area contributed by atoms with E-state index in [1.54, 1.807) is 36.4 Å². The number of halogens is 1. The second-order valence-electron chi connectivity index (χ2n) is 6.15. The van der Waals surface area contributed by atoms with Crippen LogP contribution in [0.15, 0.2) is 53.9 Å². The van der Waals surface area contributed by atoms with Crippen molar-refractivity contribution >= 4 is 45.8 Å². The lowest BCUT2D eigenvalue weighted by Gasteiger charge is -2.12. The average Bonchev–Trinajstić information content (AvgIpc) is 3.25. The van der Waals surface area contributed by atoms with Crippen LogP contribution in [0.4, 0.5) is 5.13 Å². The van der Waals surface area contributed by atoms with Gasteiger partial charge in [-0.15, -0.1) is 11.3 Å². The van der Waals surface area contributed by atoms with Crippen LogP contribution in [-0.2, 0) is 4.79 Å². The monoisotopic (exact) mass is 411 g/mol. The van der Waals surface area contributed by atoms with Crippen LogP contribution in [0, 0.1) is 0 Å². The predicted molar refractivity (Wildman–Crippen MR) is 108 cm³/mol. The maximum atomic E-state index is 12.3. The zero-order valence-corrected chi connectivity index (χ0v) is 16.1. The number of rotatable bonds is 5. The zero-order chi connectivity index (χ0) is 19.7. The van der Waals surface area contributed by atoms with Gasteiger partial charge in [0.2, 0.25) is 5.91 Å². The van der Waals surface area contributed by atoms with Gasteiger partial charge in [-0.25, -0.2) is 4.98 Å². The number of nitrogens with one attached hydrogen (secondary N) is 1. The van der Waals surface area contributed by atoms with E-state index in [2.05, 4.69) is 10.3 Å².